The van der Waals surface area contributed by atoms with Crippen LogP contribution in [0.15, 0.2) is 51.8 Å². The molecule has 0 amide bonds. The molecule has 0 saturated carbocycles. The molecule has 0 radical (unpaired) electrons. The number of ether oxygens (including phenoxy) is 1. The molecule has 0 aliphatic rings. The van der Waals surface area contributed by atoms with Crippen LogP contribution in [0.3, 0.4) is 0 Å². The van der Waals surface area contributed by atoms with E-state index in [0.29, 0.717) is 22.8 Å². The molecule has 150 valence electrons. The number of methoxy groups -OCH3 is 1. The number of aromatic nitrogens is 1. The summed E-state index contributed by atoms with van der Waals surface area (Å²) in [4.78, 5) is 5.47. The van der Waals surface area contributed by atoms with Gasteiger partial charge in [-0.05, 0) is 42.1 Å². The lowest BCUT2D eigenvalue weighted by atomic mass is 10.1. The Balaban J connectivity index is 1.98. The summed E-state index contributed by atoms with van der Waals surface area (Å²) >= 11 is 1.58. The minimum atomic E-state index is -3.40. The zero-order valence-electron chi connectivity index (χ0n) is 16.2. The molecule has 0 aliphatic heterocycles. The highest BCUT2D eigenvalue weighted by Gasteiger charge is 2.24. The van der Waals surface area contributed by atoms with Crippen molar-refractivity contribution in [3.05, 3.63) is 48.0 Å². The van der Waals surface area contributed by atoms with Gasteiger partial charge in [0.1, 0.15) is 11.4 Å². The average Bonchev–Trinajstić information content (AvgIpc) is 3.27. The van der Waals surface area contributed by atoms with Gasteiger partial charge < -0.3 is 14.9 Å². The zero-order valence-corrected chi connectivity index (χ0v) is 17.9. The lowest BCUT2D eigenvalue weighted by Crippen LogP contribution is -2.04. The Labute approximate surface area is 172 Å². The second-order valence-corrected chi connectivity index (χ2v) is 9.88. The fourth-order valence-corrected chi connectivity index (χ4v) is 5.39. The van der Waals surface area contributed by atoms with Crippen LogP contribution in [0.5, 0.6) is 5.75 Å². The number of anilines is 1. The van der Waals surface area contributed by atoms with Gasteiger partial charge in [0.05, 0.1) is 22.6 Å². The van der Waals surface area contributed by atoms with E-state index in [1.807, 2.05) is 25.1 Å². The zero-order chi connectivity index (χ0) is 20.8. The molecule has 0 saturated heterocycles. The number of benzene rings is 2. The number of thiophene rings is 1. The summed E-state index contributed by atoms with van der Waals surface area (Å²) in [5.74, 6) is 1.00. The van der Waals surface area contributed by atoms with E-state index in [1.165, 1.54) is 13.2 Å². The SMILES string of the molecule is CCS(=O)(=O)c1ccc(OC)c(-c2nc(N)oc2-c2sc3ccccc3c2C)c1. The van der Waals surface area contributed by atoms with Gasteiger partial charge in [0.15, 0.2) is 15.6 Å². The molecule has 2 aromatic carbocycles. The fourth-order valence-electron chi connectivity index (χ4n) is 3.30. The lowest BCUT2D eigenvalue weighted by Gasteiger charge is -2.10. The van der Waals surface area contributed by atoms with Gasteiger partial charge in [-0.1, -0.05) is 25.1 Å². The topological polar surface area (TPSA) is 95.4 Å². The molecule has 4 rings (SSSR count). The average molecular weight is 429 g/mol. The molecule has 2 aromatic heterocycles. The summed E-state index contributed by atoms with van der Waals surface area (Å²) in [6.07, 6.45) is 0. The molecule has 0 unspecified atom stereocenters. The smallest absolute Gasteiger partial charge is 0.293 e. The maximum absolute atomic E-state index is 12.4. The number of sulfone groups is 1. The summed E-state index contributed by atoms with van der Waals surface area (Å²) < 4.78 is 37.2. The number of oxazole rings is 1. The first-order chi connectivity index (χ1) is 13.9. The Hall–Kier alpha value is -2.84. The standard InChI is InChI=1S/C21H20N2O4S2/c1-4-29(24,25)13-9-10-16(26-3)15(11-13)18-19(27-21(22)23-18)20-12(2)14-7-5-6-8-17(14)28-20/h5-11H,4H2,1-3H3,(H2,22,23). The highest BCUT2D eigenvalue weighted by molar-refractivity contribution is 7.91. The number of fused-ring (bicyclic) bond motifs is 1. The molecule has 2 heterocycles. The first kappa shape index (κ1) is 19.5. The van der Waals surface area contributed by atoms with Crippen molar-refractivity contribution >= 4 is 37.3 Å². The second-order valence-electron chi connectivity index (χ2n) is 6.55. The Kier molecular flexibility index (Phi) is 4.84. The van der Waals surface area contributed by atoms with Gasteiger partial charge in [0.2, 0.25) is 0 Å². The van der Waals surface area contributed by atoms with Gasteiger partial charge in [-0.15, -0.1) is 11.3 Å². The fraction of sp³-hybridized carbons (Fsp3) is 0.190. The minimum Gasteiger partial charge on any atom is -0.496 e. The lowest BCUT2D eigenvalue weighted by molar-refractivity contribution is 0.416. The van der Waals surface area contributed by atoms with E-state index in [1.54, 1.807) is 30.4 Å². The predicted molar refractivity (Wildman–Crippen MR) is 116 cm³/mol. The van der Waals surface area contributed by atoms with Crippen molar-refractivity contribution in [2.75, 3.05) is 18.6 Å². The van der Waals surface area contributed by atoms with Crippen LogP contribution in [0.2, 0.25) is 0 Å². The Bertz CT molecular complexity index is 1320. The molecule has 0 atom stereocenters. The Morgan fingerprint density at radius 2 is 1.97 bits per heavy atom. The van der Waals surface area contributed by atoms with E-state index in [2.05, 4.69) is 11.1 Å². The predicted octanol–water partition coefficient (Wildman–Crippen LogP) is 4.92. The van der Waals surface area contributed by atoms with Crippen molar-refractivity contribution in [1.29, 1.82) is 0 Å². The number of hydrogen-bond donors (Lipinski definition) is 1. The highest BCUT2D eigenvalue weighted by atomic mass is 32.2. The van der Waals surface area contributed by atoms with Crippen LogP contribution >= 0.6 is 11.3 Å². The summed E-state index contributed by atoms with van der Waals surface area (Å²) in [6.45, 7) is 3.63. The van der Waals surface area contributed by atoms with Gasteiger partial charge in [-0.25, -0.2) is 8.42 Å². The monoisotopic (exact) mass is 428 g/mol. The number of nitrogen functional groups attached to an aromatic ring is 1. The number of nitrogens with two attached hydrogens (primary N) is 1. The number of aryl methyl sites for hydroxylation is 1. The van der Waals surface area contributed by atoms with E-state index in [-0.39, 0.29) is 16.7 Å². The second kappa shape index (κ2) is 7.20. The van der Waals surface area contributed by atoms with Crippen LogP contribution in [0, 0.1) is 6.92 Å². The summed E-state index contributed by atoms with van der Waals surface area (Å²) in [6, 6.07) is 12.8. The molecular formula is C21H20N2O4S2. The maximum atomic E-state index is 12.4. The molecule has 0 aliphatic carbocycles. The molecular weight excluding hydrogens is 408 g/mol. The van der Waals surface area contributed by atoms with E-state index in [4.69, 9.17) is 14.9 Å². The number of nitrogens with zero attached hydrogens (tertiary/aromatic N) is 1. The first-order valence-corrected chi connectivity index (χ1v) is 11.5. The van der Waals surface area contributed by atoms with Crippen LogP contribution in [0.4, 0.5) is 6.01 Å². The summed E-state index contributed by atoms with van der Waals surface area (Å²) in [5.41, 5.74) is 7.95. The van der Waals surface area contributed by atoms with Gasteiger partial charge in [0, 0.05) is 10.3 Å². The molecule has 29 heavy (non-hydrogen) atoms. The normalized spacial score (nSPS) is 11.8. The van der Waals surface area contributed by atoms with Crippen LogP contribution in [-0.4, -0.2) is 26.3 Å². The summed E-state index contributed by atoms with van der Waals surface area (Å²) in [7, 11) is -1.87. The largest absolute Gasteiger partial charge is 0.496 e. The third-order valence-corrected chi connectivity index (χ3v) is 7.86. The molecule has 2 N–H and O–H groups in total. The quantitative estimate of drug-likeness (QED) is 0.485. The third-order valence-electron chi connectivity index (χ3n) is 4.86. The molecule has 0 spiro atoms. The van der Waals surface area contributed by atoms with Crippen molar-refractivity contribution in [3.63, 3.8) is 0 Å². The van der Waals surface area contributed by atoms with Crippen molar-refractivity contribution < 1.29 is 17.6 Å². The van der Waals surface area contributed by atoms with Gasteiger partial charge >= 0.3 is 0 Å². The van der Waals surface area contributed by atoms with E-state index < -0.39 is 9.84 Å². The van der Waals surface area contributed by atoms with Gasteiger partial charge in [-0.2, -0.15) is 4.98 Å². The Morgan fingerprint density at radius 1 is 1.21 bits per heavy atom. The van der Waals surface area contributed by atoms with Crippen LogP contribution in [0.25, 0.3) is 32.0 Å². The van der Waals surface area contributed by atoms with Crippen molar-refractivity contribution in [2.24, 2.45) is 0 Å². The van der Waals surface area contributed by atoms with Crippen LogP contribution in [-0.2, 0) is 9.84 Å². The molecule has 0 bridgehead atoms. The van der Waals surface area contributed by atoms with Crippen LogP contribution in [0.1, 0.15) is 12.5 Å². The van der Waals surface area contributed by atoms with Crippen molar-refractivity contribution in [2.45, 2.75) is 18.7 Å². The van der Waals surface area contributed by atoms with Crippen molar-refractivity contribution in [1.82, 2.24) is 4.98 Å². The van der Waals surface area contributed by atoms with E-state index >= 15 is 0 Å². The van der Waals surface area contributed by atoms with Gasteiger partial charge in [-0.3, -0.25) is 0 Å². The number of hydrogen-bond acceptors (Lipinski definition) is 7. The summed E-state index contributed by atoms with van der Waals surface area (Å²) in [5, 5.41) is 1.13. The van der Waals surface area contributed by atoms with Crippen LogP contribution < -0.4 is 10.5 Å². The molecule has 8 heteroatoms. The third kappa shape index (κ3) is 3.28. The van der Waals surface area contributed by atoms with E-state index in [0.717, 1.165) is 20.5 Å². The molecule has 4 aromatic rings. The maximum Gasteiger partial charge on any atom is 0.293 e. The highest BCUT2D eigenvalue weighted by Crippen LogP contribution is 2.45. The van der Waals surface area contributed by atoms with Crippen molar-refractivity contribution in [3.8, 4) is 27.6 Å². The number of rotatable bonds is 5. The van der Waals surface area contributed by atoms with Gasteiger partial charge in [0.25, 0.3) is 6.01 Å². The van der Waals surface area contributed by atoms with E-state index in [9.17, 15) is 8.42 Å². The molecule has 6 nitrogen and oxygen atoms in total. The first-order valence-electron chi connectivity index (χ1n) is 9.01. The minimum absolute atomic E-state index is 0.00199. The Morgan fingerprint density at radius 3 is 2.66 bits per heavy atom. The molecule has 0 fully saturated rings.